The normalized spacial score (nSPS) is 10.8. The lowest BCUT2D eigenvalue weighted by atomic mass is 10.1. The maximum Gasteiger partial charge on any atom is 0.272 e. The third kappa shape index (κ3) is 5.77. The molecule has 3 aromatic rings. The van der Waals surface area contributed by atoms with Gasteiger partial charge in [-0.2, -0.15) is 0 Å². The van der Waals surface area contributed by atoms with E-state index in [1.807, 2.05) is 0 Å². The molecule has 0 aromatic heterocycles. The fourth-order valence-electron chi connectivity index (χ4n) is 2.71. The first-order valence-corrected chi connectivity index (χ1v) is 9.24. The second-order valence-corrected chi connectivity index (χ2v) is 6.41. The quantitative estimate of drug-likeness (QED) is 0.343. The second kappa shape index (κ2) is 9.84. The van der Waals surface area contributed by atoms with Crippen molar-refractivity contribution < 1.29 is 19.2 Å². The molecular formula is C23H19N3O5. The number of nitro groups is 1. The lowest BCUT2D eigenvalue weighted by Crippen LogP contribution is -2.30. The highest BCUT2D eigenvalue weighted by atomic mass is 16.6. The molecule has 0 saturated heterocycles. The number of amides is 2. The molecule has 31 heavy (non-hydrogen) atoms. The minimum absolute atomic E-state index is 0.0647. The molecule has 0 aliphatic rings. The molecule has 0 spiro atoms. The van der Waals surface area contributed by atoms with Crippen molar-refractivity contribution in [1.29, 1.82) is 0 Å². The van der Waals surface area contributed by atoms with Gasteiger partial charge in [-0.1, -0.05) is 30.3 Å². The largest absolute Gasteiger partial charge is 0.497 e. The number of hydrogen-bond donors (Lipinski definition) is 2. The van der Waals surface area contributed by atoms with E-state index >= 15 is 0 Å². The molecule has 0 heterocycles. The molecule has 0 aliphatic carbocycles. The zero-order chi connectivity index (χ0) is 22.2. The van der Waals surface area contributed by atoms with E-state index < -0.39 is 16.7 Å². The first kappa shape index (κ1) is 21.3. The molecule has 0 unspecified atom stereocenters. The molecule has 0 saturated carbocycles. The Morgan fingerprint density at radius 3 is 2.32 bits per heavy atom. The van der Waals surface area contributed by atoms with Crippen LogP contribution in [0.4, 0.5) is 11.4 Å². The zero-order valence-corrected chi connectivity index (χ0v) is 16.6. The topological polar surface area (TPSA) is 111 Å². The number of nitrogens with zero attached hydrogens (tertiary/aromatic N) is 1. The van der Waals surface area contributed by atoms with Gasteiger partial charge in [0.1, 0.15) is 11.4 Å². The lowest BCUT2D eigenvalue weighted by Gasteiger charge is -2.12. The summed E-state index contributed by atoms with van der Waals surface area (Å²) in [6, 6.07) is 20.8. The van der Waals surface area contributed by atoms with Crippen LogP contribution in [-0.4, -0.2) is 23.8 Å². The number of carbonyl (C=O) groups excluding carboxylic acids is 2. The van der Waals surface area contributed by atoms with Gasteiger partial charge in [0.05, 0.1) is 12.0 Å². The standard InChI is InChI=1S/C23H19N3O5/c1-31-20-12-10-18(11-13-20)24-23(28)21(25-22(27)17-7-3-2-4-8-17)15-16-6-5-9-19(14-16)26(29)30/h2-15H,1H3,(H,24,28)(H,25,27). The van der Waals surface area contributed by atoms with E-state index in [0.717, 1.165) is 0 Å². The highest BCUT2D eigenvalue weighted by molar-refractivity contribution is 6.10. The van der Waals surface area contributed by atoms with Gasteiger partial charge in [0.2, 0.25) is 0 Å². The van der Waals surface area contributed by atoms with E-state index in [9.17, 15) is 19.7 Å². The van der Waals surface area contributed by atoms with Crippen molar-refractivity contribution in [2.45, 2.75) is 0 Å². The van der Waals surface area contributed by atoms with Gasteiger partial charge in [0, 0.05) is 23.4 Å². The number of nitrogens with one attached hydrogen (secondary N) is 2. The van der Waals surface area contributed by atoms with Crippen molar-refractivity contribution in [3.8, 4) is 5.75 Å². The molecule has 0 aliphatic heterocycles. The average molecular weight is 417 g/mol. The molecule has 0 atom stereocenters. The van der Waals surface area contributed by atoms with E-state index in [1.54, 1.807) is 60.7 Å². The number of non-ortho nitro benzene ring substituents is 1. The Kier molecular flexibility index (Phi) is 6.74. The van der Waals surface area contributed by atoms with Gasteiger partial charge >= 0.3 is 0 Å². The number of ether oxygens (including phenoxy) is 1. The second-order valence-electron chi connectivity index (χ2n) is 6.41. The van der Waals surface area contributed by atoms with Crippen molar-refractivity contribution in [2.24, 2.45) is 0 Å². The lowest BCUT2D eigenvalue weighted by molar-refractivity contribution is -0.384. The van der Waals surface area contributed by atoms with Crippen molar-refractivity contribution in [3.05, 3.63) is 106 Å². The number of rotatable bonds is 7. The third-order valence-electron chi connectivity index (χ3n) is 4.27. The third-order valence-corrected chi connectivity index (χ3v) is 4.27. The van der Waals surface area contributed by atoms with Crippen LogP contribution in [0.5, 0.6) is 5.75 Å². The summed E-state index contributed by atoms with van der Waals surface area (Å²) >= 11 is 0. The molecule has 2 amide bonds. The number of carbonyl (C=O) groups is 2. The smallest absolute Gasteiger partial charge is 0.272 e. The van der Waals surface area contributed by atoms with Crippen LogP contribution in [0.2, 0.25) is 0 Å². The Morgan fingerprint density at radius 1 is 0.968 bits per heavy atom. The van der Waals surface area contributed by atoms with Crippen LogP contribution in [0.1, 0.15) is 15.9 Å². The van der Waals surface area contributed by atoms with Crippen LogP contribution in [-0.2, 0) is 4.79 Å². The van der Waals surface area contributed by atoms with Gasteiger partial charge < -0.3 is 15.4 Å². The first-order chi connectivity index (χ1) is 15.0. The van der Waals surface area contributed by atoms with Crippen LogP contribution < -0.4 is 15.4 Å². The van der Waals surface area contributed by atoms with Gasteiger partial charge in [-0.05, 0) is 48.0 Å². The predicted molar refractivity (Wildman–Crippen MR) is 117 cm³/mol. The van der Waals surface area contributed by atoms with Crippen molar-refractivity contribution >= 4 is 29.3 Å². The van der Waals surface area contributed by atoms with E-state index in [4.69, 9.17) is 4.74 Å². The van der Waals surface area contributed by atoms with E-state index in [-0.39, 0.29) is 11.4 Å². The number of methoxy groups -OCH3 is 1. The number of benzene rings is 3. The monoisotopic (exact) mass is 417 g/mol. The minimum atomic E-state index is -0.582. The van der Waals surface area contributed by atoms with Gasteiger partial charge in [-0.3, -0.25) is 19.7 Å². The Morgan fingerprint density at radius 2 is 1.68 bits per heavy atom. The van der Waals surface area contributed by atoms with Crippen LogP contribution in [0, 0.1) is 10.1 Å². The Balaban J connectivity index is 1.90. The number of anilines is 1. The summed E-state index contributed by atoms with van der Waals surface area (Å²) in [5, 5.41) is 16.3. The van der Waals surface area contributed by atoms with Crippen LogP contribution in [0.25, 0.3) is 6.08 Å². The Bertz CT molecular complexity index is 1130. The van der Waals surface area contributed by atoms with Gasteiger partial charge in [-0.15, -0.1) is 0 Å². The van der Waals surface area contributed by atoms with Gasteiger partial charge in [0.15, 0.2) is 0 Å². The van der Waals surface area contributed by atoms with E-state index in [1.165, 1.54) is 31.4 Å². The highest BCUT2D eigenvalue weighted by Gasteiger charge is 2.16. The predicted octanol–water partition coefficient (Wildman–Crippen LogP) is 4.01. The summed E-state index contributed by atoms with van der Waals surface area (Å²) < 4.78 is 5.10. The van der Waals surface area contributed by atoms with Crippen molar-refractivity contribution in [2.75, 3.05) is 12.4 Å². The number of nitro benzene ring substituents is 1. The molecule has 0 bridgehead atoms. The Labute approximate surface area is 178 Å². The SMILES string of the molecule is COc1ccc(NC(=O)C(=Cc2cccc([N+](=O)[O-])c2)NC(=O)c2ccccc2)cc1. The highest BCUT2D eigenvalue weighted by Crippen LogP contribution is 2.18. The first-order valence-electron chi connectivity index (χ1n) is 9.24. The summed E-state index contributed by atoms with van der Waals surface area (Å²) in [6.45, 7) is 0. The molecule has 2 N–H and O–H groups in total. The zero-order valence-electron chi connectivity index (χ0n) is 16.6. The van der Waals surface area contributed by atoms with Gasteiger partial charge in [0.25, 0.3) is 17.5 Å². The fourth-order valence-corrected chi connectivity index (χ4v) is 2.71. The molecule has 3 aromatic carbocycles. The summed E-state index contributed by atoms with van der Waals surface area (Å²) in [7, 11) is 1.53. The molecule has 3 rings (SSSR count). The molecule has 8 nitrogen and oxygen atoms in total. The van der Waals surface area contributed by atoms with E-state index in [2.05, 4.69) is 10.6 Å². The fraction of sp³-hybridized carbons (Fsp3) is 0.0435. The summed E-state index contributed by atoms with van der Waals surface area (Å²) in [4.78, 5) is 36.0. The molecule has 156 valence electrons. The maximum atomic E-state index is 12.9. The van der Waals surface area contributed by atoms with Crippen LogP contribution in [0.15, 0.2) is 84.6 Å². The summed E-state index contributed by atoms with van der Waals surface area (Å²) in [6.07, 6.45) is 1.38. The van der Waals surface area contributed by atoms with Gasteiger partial charge in [-0.25, -0.2) is 0 Å². The average Bonchev–Trinajstić information content (AvgIpc) is 2.79. The Hall–Kier alpha value is -4.46. The summed E-state index contributed by atoms with van der Waals surface area (Å²) in [5.74, 6) is -0.439. The van der Waals surface area contributed by atoms with Crippen molar-refractivity contribution in [3.63, 3.8) is 0 Å². The van der Waals surface area contributed by atoms with Crippen LogP contribution >= 0.6 is 0 Å². The molecule has 0 radical (unpaired) electrons. The van der Waals surface area contributed by atoms with Crippen LogP contribution in [0.3, 0.4) is 0 Å². The molecular weight excluding hydrogens is 398 g/mol. The minimum Gasteiger partial charge on any atom is -0.497 e. The summed E-state index contributed by atoms with van der Waals surface area (Å²) in [5.41, 5.74) is 1.06. The van der Waals surface area contributed by atoms with Crippen molar-refractivity contribution in [1.82, 2.24) is 5.32 Å². The molecule has 8 heteroatoms. The molecule has 0 fully saturated rings. The maximum absolute atomic E-state index is 12.9. The number of hydrogen-bond acceptors (Lipinski definition) is 5. The van der Waals surface area contributed by atoms with E-state index in [0.29, 0.717) is 22.6 Å².